The number of amides is 1. The fourth-order valence-electron chi connectivity index (χ4n) is 2.10. The molecule has 0 aliphatic carbocycles. The first-order valence-electron chi connectivity index (χ1n) is 7.15. The van der Waals surface area contributed by atoms with Crippen LogP contribution in [0.3, 0.4) is 0 Å². The van der Waals surface area contributed by atoms with Gasteiger partial charge in [-0.05, 0) is 44.0 Å². The van der Waals surface area contributed by atoms with Crippen molar-refractivity contribution in [2.24, 2.45) is 0 Å². The second-order valence-corrected chi connectivity index (χ2v) is 5.22. The lowest BCUT2D eigenvalue weighted by atomic mass is 10.1. The molecule has 0 bridgehead atoms. The monoisotopic (exact) mass is 283 g/mol. The molecule has 0 spiro atoms. The summed E-state index contributed by atoms with van der Waals surface area (Å²) >= 11 is 0. The third-order valence-corrected chi connectivity index (χ3v) is 3.33. The Bertz CT molecular complexity index is 595. The largest absolute Gasteiger partial charge is 0.481 e. The van der Waals surface area contributed by atoms with E-state index >= 15 is 0 Å². The zero-order chi connectivity index (χ0) is 15.2. The van der Waals surface area contributed by atoms with Crippen molar-refractivity contribution >= 4 is 5.91 Å². The fourth-order valence-corrected chi connectivity index (χ4v) is 2.10. The van der Waals surface area contributed by atoms with Crippen LogP contribution < -0.4 is 10.1 Å². The van der Waals surface area contributed by atoms with E-state index in [1.54, 1.807) is 6.92 Å². The molecule has 0 heterocycles. The van der Waals surface area contributed by atoms with Crippen LogP contribution in [0.2, 0.25) is 0 Å². The van der Waals surface area contributed by atoms with Crippen molar-refractivity contribution in [3.05, 3.63) is 65.7 Å². The number of hydrogen-bond acceptors (Lipinski definition) is 2. The number of aryl methyl sites for hydroxylation is 1. The van der Waals surface area contributed by atoms with Crippen LogP contribution in [0.25, 0.3) is 0 Å². The molecule has 0 aromatic heterocycles. The molecule has 0 saturated carbocycles. The molecule has 0 unspecified atom stereocenters. The van der Waals surface area contributed by atoms with Crippen LogP contribution in [0.1, 0.15) is 31.0 Å². The maximum Gasteiger partial charge on any atom is 0.261 e. The molecule has 0 radical (unpaired) electrons. The zero-order valence-corrected chi connectivity index (χ0v) is 12.7. The Morgan fingerprint density at radius 2 is 1.76 bits per heavy atom. The number of nitrogens with one attached hydrogen (secondary N) is 1. The predicted octanol–water partition coefficient (Wildman–Crippen LogP) is 3.64. The van der Waals surface area contributed by atoms with Gasteiger partial charge in [-0.25, -0.2) is 0 Å². The summed E-state index contributed by atoms with van der Waals surface area (Å²) in [6, 6.07) is 17.5. The molecule has 0 aliphatic heterocycles. The van der Waals surface area contributed by atoms with Crippen molar-refractivity contribution in [1.82, 2.24) is 5.32 Å². The second kappa shape index (κ2) is 6.93. The van der Waals surface area contributed by atoms with Crippen molar-refractivity contribution in [2.45, 2.75) is 32.9 Å². The van der Waals surface area contributed by atoms with Crippen LogP contribution in [-0.4, -0.2) is 12.0 Å². The van der Waals surface area contributed by atoms with Crippen LogP contribution in [0.5, 0.6) is 5.75 Å². The molecule has 2 rings (SSSR count). The first-order valence-corrected chi connectivity index (χ1v) is 7.15. The van der Waals surface area contributed by atoms with E-state index in [1.807, 2.05) is 68.4 Å². The van der Waals surface area contributed by atoms with Crippen LogP contribution in [-0.2, 0) is 4.79 Å². The van der Waals surface area contributed by atoms with Crippen LogP contribution in [0.4, 0.5) is 0 Å². The summed E-state index contributed by atoms with van der Waals surface area (Å²) in [5, 5.41) is 2.97. The van der Waals surface area contributed by atoms with Gasteiger partial charge < -0.3 is 10.1 Å². The summed E-state index contributed by atoms with van der Waals surface area (Å²) in [7, 11) is 0. The normalized spacial score (nSPS) is 13.3. The van der Waals surface area contributed by atoms with Gasteiger partial charge >= 0.3 is 0 Å². The first-order chi connectivity index (χ1) is 10.1. The molecule has 110 valence electrons. The second-order valence-electron chi connectivity index (χ2n) is 5.22. The average Bonchev–Trinajstić information content (AvgIpc) is 2.48. The SMILES string of the molecule is Cc1cccc(O[C@@H](C)C(=O)N[C@@H](C)c2ccccc2)c1. The van der Waals surface area contributed by atoms with E-state index < -0.39 is 6.10 Å². The van der Waals surface area contributed by atoms with E-state index in [9.17, 15) is 4.79 Å². The van der Waals surface area contributed by atoms with Gasteiger partial charge in [0.1, 0.15) is 5.75 Å². The van der Waals surface area contributed by atoms with Crippen LogP contribution in [0, 0.1) is 6.92 Å². The molecule has 0 fully saturated rings. The molecule has 0 aliphatic rings. The molecule has 2 aromatic carbocycles. The molecule has 1 N–H and O–H groups in total. The van der Waals surface area contributed by atoms with Gasteiger partial charge in [-0.2, -0.15) is 0 Å². The Kier molecular flexibility index (Phi) is 4.99. The number of benzene rings is 2. The minimum atomic E-state index is -0.530. The summed E-state index contributed by atoms with van der Waals surface area (Å²) in [4.78, 5) is 12.2. The molecule has 3 nitrogen and oxygen atoms in total. The quantitative estimate of drug-likeness (QED) is 0.909. The Morgan fingerprint density at radius 1 is 1.05 bits per heavy atom. The van der Waals surface area contributed by atoms with Gasteiger partial charge in [-0.3, -0.25) is 4.79 Å². The van der Waals surface area contributed by atoms with E-state index in [4.69, 9.17) is 4.74 Å². The molecular formula is C18H21NO2. The Morgan fingerprint density at radius 3 is 2.43 bits per heavy atom. The van der Waals surface area contributed by atoms with Crippen molar-refractivity contribution in [1.29, 1.82) is 0 Å². The number of ether oxygens (including phenoxy) is 1. The smallest absolute Gasteiger partial charge is 0.261 e. The third-order valence-electron chi connectivity index (χ3n) is 3.33. The highest BCUT2D eigenvalue weighted by molar-refractivity contribution is 5.81. The summed E-state index contributed by atoms with van der Waals surface area (Å²) in [6.07, 6.45) is -0.530. The van der Waals surface area contributed by atoms with Crippen LogP contribution >= 0.6 is 0 Å². The Labute approximate surface area is 126 Å². The third kappa shape index (κ3) is 4.35. The molecule has 2 atom stereocenters. The number of carbonyl (C=O) groups excluding carboxylic acids is 1. The number of carbonyl (C=O) groups is 1. The van der Waals surface area contributed by atoms with E-state index in [0.29, 0.717) is 5.75 Å². The van der Waals surface area contributed by atoms with E-state index in [-0.39, 0.29) is 11.9 Å². The van der Waals surface area contributed by atoms with Gasteiger partial charge in [-0.15, -0.1) is 0 Å². The van der Waals surface area contributed by atoms with Crippen molar-refractivity contribution < 1.29 is 9.53 Å². The molecule has 0 saturated heterocycles. The van der Waals surface area contributed by atoms with Gasteiger partial charge in [0, 0.05) is 0 Å². The Hall–Kier alpha value is -2.29. The van der Waals surface area contributed by atoms with Gasteiger partial charge in [0.05, 0.1) is 6.04 Å². The summed E-state index contributed by atoms with van der Waals surface area (Å²) in [5.41, 5.74) is 2.19. The van der Waals surface area contributed by atoms with Crippen molar-refractivity contribution in [3.8, 4) is 5.75 Å². The Balaban J connectivity index is 1.94. The average molecular weight is 283 g/mol. The van der Waals surface area contributed by atoms with E-state index in [1.165, 1.54) is 0 Å². The first kappa shape index (κ1) is 15.1. The maximum absolute atomic E-state index is 12.2. The van der Waals surface area contributed by atoms with E-state index in [0.717, 1.165) is 11.1 Å². The lowest BCUT2D eigenvalue weighted by molar-refractivity contribution is -0.127. The van der Waals surface area contributed by atoms with Gasteiger partial charge in [0.25, 0.3) is 5.91 Å². The fraction of sp³-hybridized carbons (Fsp3) is 0.278. The number of rotatable bonds is 5. The molecule has 3 heteroatoms. The van der Waals surface area contributed by atoms with Gasteiger partial charge in [0.2, 0.25) is 0 Å². The maximum atomic E-state index is 12.2. The summed E-state index contributed by atoms with van der Waals surface area (Å²) in [6.45, 7) is 5.72. The topological polar surface area (TPSA) is 38.3 Å². The van der Waals surface area contributed by atoms with E-state index in [2.05, 4.69) is 5.32 Å². The van der Waals surface area contributed by atoms with Crippen molar-refractivity contribution in [2.75, 3.05) is 0 Å². The predicted molar refractivity (Wildman–Crippen MR) is 84.3 cm³/mol. The standard InChI is InChI=1S/C18H21NO2/c1-13-8-7-11-17(12-13)21-15(3)18(20)19-14(2)16-9-5-4-6-10-16/h4-12,14-15H,1-3H3,(H,19,20)/t14-,15-/m0/s1. The highest BCUT2D eigenvalue weighted by atomic mass is 16.5. The van der Waals surface area contributed by atoms with Crippen LogP contribution in [0.15, 0.2) is 54.6 Å². The number of hydrogen-bond donors (Lipinski definition) is 1. The lowest BCUT2D eigenvalue weighted by Gasteiger charge is -2.19. The molecule has 21 heavy (non-hydrogen) atoms. The zero-order valence-electron chi connectivity index (χ0n) is 12.7. The van der Waals surface area contributed by atoms with Crippen molar-refractivity contribution in [3.63, 3.8) is 0 Å². The molecule has 2 aromatic rings. The molecular weight excluding hydrogens is 262 g/mol. The molecule has 1 amide bonds. The van der Waals surface area contributed by atoms with Gasteiger partial charge in [0.15, 0.2) is 6.10 Å². The lowest BCUT2D eigenvalue weighted by Crippen LogP contribution is -2.37. The summed E-state index contributed by atoms with van der Waals surface area (Å²) < 4.78 is 5.68. The summed E-state index contributed by atoms with van der Waals surface area (Å²) in [5.74, 6) is 0.595. The minimum absolute atomic E-state index is 0.0396. The highest BCUT2D eigenvalue weighted by Crippen LogP contribution is 2.15. The highest BCUT2D eigenvalue weighted by Gasteiger charge is 2.17. The minimum Gasteiger partial charge on any atom is -0.481 e. The van der Waals surface area contributed by atoms with Gasteiger partial charge in [-0.1, -0.05) is 42.5 Å².